The molecule has 1 aliphatic heterocycles. The van der Waals surface area contributed by atoms with Gasteiger partial charge in [-0.25, -0.2) is 0 Å². The van der Waals surface area contributed by atoms with Crippen LogP contribution < -0.4 is 0 Å². The average molecular weight is 361 g/mol. The van der Waals surface area contributed by atoms with E-state index in [0.717, 1.165) is 3.57 Å². The van der Waals surface area contributed by atoms with Crippen molar-refractivity contribution in [2.75, 3.05) is 19.7 Å². The summed E-state index contributed by atoms with van der Waals surface area (Å²) in [4.78, 5) is 14.2. The van der Waals surface area contributed by atoms with Gasteiger partial charge >= 0.3 is 0 Å². The number of halogens is 1. The number of ether oxygens (including phenoxy) is 1. The molecular weight excluding hydrogens is 345 g/mol. The van der Waals surface area contributed by atoms with Crippen molar-refractivity contribution in [2.45, 2.75) is 19.1 Å². The number of hydrogen-bond donors (Lipinski definition) is 1. The molecule has 0 aromatic heterocycles. The van der Waals surface area contributed by atoms with Crippen molar-refractivity contribution in [2.24, 2.45) is 0 Å². The summed E-state index contributed by atoms with van der Waals surface area (Å²) in [6.07, 6.45) is -0.319. The van der Waals surface area contributed by atoms with Crippen molar-refractivity contribution < 1.29 is 14.6 Å². The highest BCUT2D eigenvalue weighted by molar-refractivity contribution is 14.1. The van der Waals surface area contributed by atoms with Crippen LogP contribution >= 0.6 is 22.6 Å². The SMILES string of the molecule is CC1CN(C(=O)c2ccccc2I)CC(CO)O1. The molecule has 2 unspecified atom stereocenters. The fourth-order valence-electron chi connectivity index (χ4n) is 2.12. The largest absolute Gasteiger partial charge is 0.394 e. The first-order chi connectivity index (χ1) is 8.61. The Labute approximate surface area is 120 Å². The van der Waals surface area contributed by atoms with Crippen molar-refractivity contribution >= 4 is 28.5 Å². The van der Waals surface area contributed by atoms with Gasteiger partial charge in [0.15, 0.2) is 0 Å². The van der Waals surface area contributed by atoms with E-state index in [-0.39, 0.29) is 24.7 Å². The minimum atomic E-state index is -0.279. The number of carbonyl (C=O) groups is 1. The summed E-state index contributed by atoms with van der Waals surface area (Å²) in [6.45, 7) is 2.88. The number of morpholine rings is 1. The van der Waals surface area contributed by atoms with Crippen molar-refractivity contribution in [3.8, 4) is 0 Å². The van der Waals surface area contributed by atoms with Crippen LogP contribution in [0.4, 0.5) is 0 Å². The Kier molecular flexibility index (Phi) is 4.58. The van der Waals surface area contributed by atoms with E-state index in [1.807, 2.05) is 31.2 Å². The predicted molar refractivity (Wildman–Crippen MR) is 76.5 cm³/mol. The van der Waals surface area contributed by atoms with Gasteiger partial charge < -0.3 is 14.7 Å². The molecule has 2 rings (SSSR count). The summed E-state index contributed by atoms with van der Waals surface area (Å²) in [7, 11) is 0. The lowest BCUT2D eigenvalue weighted by atomic mass is 10.1. The fraction of sp³-hybridized carbons (Fsp3) is 0.462. The summed E-state index contributed by atoms with van der Waals surface area (Å²) >= 11 is 2.16. The van der Waals surface area contributed by atoms with Crippen LogP contribution in [0.25, 0.3) is 0 Å². The van der Waals surface area contributed by atoms with Crippen LogP contribution in [0, 0.1) is 3.57 Å². The lowest BCUT2D eigenvalue weighted by Gasteiger charge is -2.36. The lowest BCUT2D eigenvalue weighted by Crippen LogP contribution is -2.50. The van der Waals surface area contributed by atoms with Gasteiger partial charge in [0.2, 0.25) is 0 Å². The monoisotopic (exact) mass is 361 g/mol. The van der Waals surface area contributed by atoms with Crippen LogP contribution in [-0.2, 0) is 4.74 Å². The van der Waals surface area contributed by atoms with E-state index < -0.39 is 0 Å². The molecule has 1 heterocycles. The van der Waals surface area contributed by atoms with Gasteiger partial charge in [0.1, 0.15) is 0 Å². The molecular formula is C13H16INO3. The summed E-state index contributed by atoms with van der Waals surface area (Å²) < 4.78 is 6.48. The van der Waals surface area contributed by atoms with Crippen LogP contribution in [0.5, 0.6) is 0 Å². The molecule has 0 radical (unpaired) electrons. The molecule has 98 valence electrons. The highest BCUT2D eigenvalue weighted by Crippen LogP contribution is 2.18. The van der Waals surface area contributed by atoms with Gasteiger partial charge in [-0.05, 0) is 41.6 Å². The smallest absolute Gasteiger partial charge is 0.255 e. The number of amides is 1. The first-order valence-electron chi connectivity index (χ1n) is 5.92. The zero-order valence-electron chi connectivity index (χ0n) is 10.2. The first kappa shape index (κ1) is 13.8. The number of aliphatic hydroxyl groups excluding tert-OH is 1. The second kappa shape index (κ2) is 5.99. The fourth-order valence-corrected chi connectivity index (χ4v) is 2.73. The second-order valence-corrected chi connectivity index (χ2v) is 5.60. The molecule has 0 bridgehead atoms. The number of carbonyl (C=O) groups excluding carboxylic acids is 1. The molecule has 1 aromatic rings. The molecule has 1 aromatic carbocycles. The molecule has 4 nitrogen and oxygen atoms in total. The molecule has 1 N–H and O–H groups in total. The summed E-state index contributed by atoms with van der Waals surface area (Å²) in [5.41, 5.74) is 0.712. The van der Waals surface area contributed by atoms with Gasteiger partial charge in [-0.15, -0.1) is 0 Å². The molecule has 1 amide bonds. The van der Waals surface area contributed by atoms with Gasteiger partial charge in [0, 0.05) is 16.7 Å². The van der Waals surface area contributed by atoms with Crippen LogP contribution in [0.1, 0.15) is 17.3 Å². The third-order valence-corrected chi connectivity index (χ3v) is 3.86. The van der Waals surface area contributed by atoms with E-state index in [1.54, 1.807) is 4.90 Å². The topological polar surface area (TPSA) is 49.8 Å². The summed E-state index contributed by atoms with van der Waals surface area (Å²) in [5, 5.41) is 9.17. The van der Waals surface area contributed by atoms with Crippen molar-refractivity contribution in [1.29, 1.82) is 0 Å². The molecule has 1 fully saturated rings. The highest BCUT2D eigenvalue weighted by atomic mass is 127. The standard InChI is InChI=1S/C13H16INO3/c1-9-6-15(7-10(8-16)18-9)13(17)11-4-2-3-5-12(11)14/h2-5,9-10,16H,6-8H2,1H3. The number of benzene rings is 1. The average Bonchev–Trinajstić information content (AvgIpc) is 2.37. The van der Waals surface area contributed by atoms with Crippen LogP contribution in [0.15, 0.2) is 24.3 Å². The molecule has 18 heavy (non-hydrogen) atoms. The molecule has 5 heteroatoms. The maximum absolute atomic E-state index is 12.4. The first-order valence-corrected chi connectivity index (χ1v) is 6.99. The maximum atomic E-state index is 12.4. The number of aliphatic hydroxyl groups is 1. The quantitative estimate of drug-likeness (QED) is 0.813. The van der Waals surface area contributed by atoms with Gasteiger partial charge in [-0.3, -0.25) is 4.79 Å². The third-order valence-electron chi connectivity index (χ3n) is 2.92. The molecule has 0 saturated carbocycles. The Morgan fingerprint density at radius 3 is 2.89 bits per heavy atom. The van der Waals surface area contributed by atoms with E-state index in [9.17, 15) is 4.79 Å². The van der Waals surface area contributed by atoms with Gasteiger partial charge in [0.25, 0.3) is 5.91 Å². The van der Waals surface area contributed by atoms with Crippen molar-refractivity contribution in [3.63, 3.8) is 0 Å². The van der Waals surface area contributed by atoms with E-state index >= 15 is 0 Å². The number of rotatable bonds is 2. The number of nitrogens with zero attached hydrogens (tertiary/aromatic N) is 1. The molecule has 0 aliphatic carbocycles. The van der Waals surface area contributed by atoms with Crippen LogP contribution in [-0.4, -0.2) is 47.8 Å². The Balaban J connectivity index is 2.16. The van der Waals surface area contributed by atoms with E-state index in [4.69, 9.17) is 9.84 Å². The van der Waals surface area contributed by atoms with E-state index in [1.165, 1.54) is 0 Å². The van der Waals surface area contributed by atoms with Crippen LogP contribution in [0.3, 0.4) is 0 Å². The van der Waals surface area contributed by atoms with Crippen LogP contribution in [0.2, 0.25) is 0 Å². The Morgan fingerprint density at radius 2 is 2.22 bits per heavy atom. The highest BCUT2D eigenvalue weighted by Gasteiger charge is 2.29. The Morgan fingerprint density at radius 1 is 1.50 bits per heavy atom. The lowest BCUT2D eigenvalue weighted by molar-refractivity contribution is -0.0858. The van der Waals surface area contributed by atoms with Gasteiger partial charge in [-0.1, -0.05) is 12.1 Å². The third kappa shape index (κ3) is 3.02. The molecule has 0 spiro atoms. The maximum Gasteiger partial charge on any atom is 0.255 e. The van der Waals surface area contributed by atoms with Gasteiger partial charge in [-0.2, -0.15) is 0 Å². The second-order valence-electron chi connectivity index (χ2n) is 4.44. The normalized spacial score (nSPS) is 24.1. The Hall–Kier alpha value is -0.660. The molecule has 1 aliphatic rings. The minimum absolute atomic E-state index is 0.00796. The summed E-state index contributed by atoms with van der Waals surface area (Å²) in [5.74, 6) is 0.00796. The van der Waals surface area contributed by atoms with E-state index in [0.29, 0.717) is 18.7 Å². The van der Waals surface area contributed by atoms with E-state index in [2.05, 4.69) is 22.6 Å². The van der Waals surface area contributed by atoms with Gasteiger partial charge in [0.05, 0.1) is 24.4 Å². The Bertz CT molecular complexity index is 438. The number of hydrogen-bond acceptors (Lipinski definition) is 3. The molecule has 2 atom stereocenters. The van der Waals surface area contributed by atoms with Crippen molar-refractivity contribution in [1.82, 2.24) is 4.90 Å². The zero-order chi connectivity index (χ0) is 13.1. The molecule has 1 saturated heterocycles. The zero-order valence-corrected chi connectivity index (χ0v) is 12.3. The summed E-state index contributed by atoms with van der Waals surface area (Å²) in [6, 6.07) is 7.53. The minimum Gasteiger partial charge on any atom is -0.394 e. The van der Waals surface area contributed by atoms with Crippen molar-refractivity contribution in [3.05, 3.63) is 33.4 Å². The predicted octanol–water partition coefficient (Wildman–Crippen LogP) is 1.51.